The smallest absolute Gasteiger partial charge is 0.228 e. The second-order valence-corrected chi connectivity index (χ2v) is 4.90. The van der Waals surface area contributed by atoms with Crippen LogP contribution in [0.25, 0.3) is 0 Å². The monoisotopic (exact) mass is 273 g/mol. The van der Waals surface area contributed by atoms with E-state index in [1.807, 2.05) is 32.9 Å². The third kappa shape index (κ3) is 3.85. The van der Waals surface area contributed by atoms with Crippen LogP contribution in [0.3, 0.4) is 0 Å². The number of carbonyl (C=O) groups excluding carboxylic acids is 1. The average molecular weight is 273 g/mol. The molecule has 2 aromatic rings. The largest absolute Gasteiger partial charge is 0.493 e. The van der Waals surface area contributed by atoms with Crippen LogP contribution in [0, 0.1) is 20.8 Å². The molecule has 2 N–H and O–H groups in total. The van der Waals surface area contributed by atoms with Crippen LogP contribution >= 0.6 is 0 Å². The minimum atomic E-state index is -0.0956. The first-order valence-electron chi connectivity index (χ1n) is 6.55. The number of hydrogen-bond acceptors (Lipinski definition) is 3. The summed E-state index contributed by atoms with van der Waals surface area (Å²) in [6, 6.07) is 6.01. The van der Waals surface area contributed by atoms with Crippen LogP contribution in [0.5, 0.6) is 5.75 Å². The molecule has 1 amide bonds. The van der Waals surface area contributed by atoms with E-state index in [2.05, 4.69) is 21.6 Å². The van der Waals surface area contributed by atoms with Crippen molar-refractivity contribution < 1.29 is 9.53 Å². The van der Waals surface area contributed by atoms with Crippen LogP contribution in [0.15, 0.2) is 24.4 Å². The summed E-state index contributed by atoms with van der Waals surface area (Å²) in [7, 11) is 0. The molecule has 1 heterocycles. The van der Waals surface area contributed by atoms with E-state index in [9.17, 15) is 4.79 Å². The van der Waals surface area contributed by atoms with E-state index < -0.39 is 0 Å². The number of nitrogens with one attached hydrogen (secondary N) is 2. The molecule has 5 heteroatoms. The van der Waals surface area contributed by atoms with Gasteiger partial charge in [-0.15, -0.1) is 0 Å². The van der Waals surface area contributed by atoms with Gasteiger partial charge in [-0.3, -0.25) is 9.89 Å². The Morgan fingerprint density at radius 1 is 1.25 bits per heavy atom. The summed E-state index contributed by atoms with van der Waals surface area (Å²) in [4.78, 5) is 11.7. The number of nitrogens with zero attached hydrogens (tertiary/aromatic N) is 1. The molecular formula is C15H19N3O2. The quantitative estimate of drug-likeness (QED) is 0.880. The van der Waals surface area contributed by atoms with E-state index in [1.54, 1.807) is 6.20 Å². The molecule has 0 atom stereocenters. The minimum Gasteiger partial charge on any atom is -0.493 e. The minimum absolute atomic E-state index is 0.0956. The van der Waals surface area contributed by atoms with E-state index in [0.717, 1.165) is 22.4 Å². The standard InChI is InChI=1S/C15H19N3O2/c1-10-6-11(2)8-13(7-10)20-5-4-14(19)17-15-12(3)9-16-18-15/h6-9H,4-5H2,1-3H3,(H2,16,17,18,19). The van der Waals surface area contributed by atoms with E-state index in [-0.39, 0.29) is 5.91 Å². The van der Waals surface area contributed by atoms with Crippen LogP contribution in [0.1, 0.15) is 23.1 Å². The zero-order valence-electron chi connectivity index (χ0n) is 12.0. The highest BCUT2D eigenvalue weighted by atomic mass is 16.5. The van der Waals surface area contributed by atoms with Gasteiger partial charge in [0.15, 0.2) is 0 Å². The summed E-state index contributed by atoms with van der Waals surface area (Å²) in [5, 5.41) is 9.35. The van der Waals surface area contributed by atoms with Crippen molar-refractivity contribution in [3.05, 3.63) is 41.1 Å². The molecule has 2 rings (SSSR count). The zero-order chi connectivity index (χ0) is 14.5. The molecule has 0 aliphatic rings. The maximum Gasteiger partial charge on any atom is 0.228 e. The molecular weight excluding hydrogens is 254 g/mol. The van der Waals surface area contributed by atoms with Crippen molar-refractivity contribution in [2.45, 2.75) is 27.2 Å². The number of anilines is 1. The number of aromatic amines is 1. The lowest BCUT2D eigenvalue weighted by molar-refractivity contribution is -0.116. The van der Waals surface area contributed by atoms with Crippen molar-refractivity contribution in [1.29, 1.82) is 0 Å². The third-order valence-corrected chi connectivity index (χ3v) is 2.89. The Morgan fingerprint density at radius 3 is 2.55 bits per heavy atom. The Hall–Kier alpha value is -2.30. The molecule has 0 saturated heterocycles. The Balaban J connectivity index is 1.81. The summed E-state index contributed by atoms with van der Waals surface area (Å²) >= 11 is 0. The first-order chi connectivity index (χ1) is 9.54. The molecule has 0 aliphatic carbocycles. The Labute approximate surface area is 118 Å². The molecule has 0 saturated carbocycles. The maximum atomic E-state index is 11.7. The summed E-state index contributed by atoms with van der Waals surface area (Å²) in [6.45, 7) is 6.27. The van der Waals surface area contributed by atoms with Gasteiger partial charge in [0, 0.05) is 5.56 Å². The first kappa shape index (κ1) is 14.1. The van der Waals surface area contributed by atoms with Gasteiger partial charge in [0.1, 0.15) is 11.6 Å². The molecule has 0 aliphatic heterocycles. The van der Waals surface area contributed by atoms with E-state index >= 15 is 0 Å². The molecule has 0 radical (unpaired) electrons. The molecule has 0 bridgehead atoms. The van der Waals surface area contributed by atoms with E-state index in [4.69, 9.17) is 4.74 Å². The molecule has 1 aromatic heterocycles. The van der Waals surface area contributed by atoms with Gasteiger partial charge < -0.3 is 10.1 Å². The Morgan fingerprint density at radius 2 is 1.95 bits per heavy atom. The highest BCUT2D eigenvalue weighted by molar-refractivity contribution is 5.90. The van der Waals surface area contributed by atoms with Gasteiger partial charge >= 0.3 is 0 Å². The molecule has 5 nitrogen and oxygen atoms in total. The van der Waals surface area contributed by atoms with Gasteiger partial charge in [0.2, 0.25) is 5.91 Å². The summed E-state index contributed by atoms with van der Waals surface area (Å²) in [6.07, 6.45) is 1.97. The fourth-order valence-electron chi connectivity index (χ4n) is 1.95. The normalized spacial score (nSPS) is 10.3. The number of hydrogen-bond donors (Lipinski definition) is 2. The average Bonchev–Trinajstić information content (AvgIpc) is 2.73. The molecule has 0 fully saturated rings. The summed E-state index contributed by atoms with van der Waals surface area (Å²) in [5.41, 5.74) is 3.21. The number of carbonyl (C=O) groups is 1. The van der Waals surface area contributed by atoms with Gasteiger partial charge in [0.05, 0.1) is 19.2 Å². The fourth-order valence-corrected chi connectivity index (χ4v) is 1.95. The first-order valence-corrected chi connectivity index (χ1v) is 6.55. The van der Waals surface area contributed by atoms with Gasteiger partial charge in [-0.1, -0.05) is 6.07 Å². The number of aryl methyl sites for hydroxylation is 3. The highest BCUT2D eigenvalue weighted by Gasteiger charge is 2.06. The number of amides is 1. The Bertz CT molecular complexity index is 585. The topological polar surface area (TPSA) is 67.0 Å². The van der Waals surface area contributed by atoms with Crippen LogP contribution in [-0.2, 0) is 4.79 Å². The SMILES string of the molecule is Cc1cc(C)cc(OCCC(=O)Nc2[nH]ncc2C)c1. The highest BCUT2D eigenvalue weighted by Crippen LogP contribution is 2.16. The molecule has 106 valence electrons. The van der Waals surface area contributed by atoms with Crippen molar-refractivity contribution in [3.63, 3.8) is 0 Å². The summed E-state index contributed by atoms with van der Waals surface area (Å²) < 4.78 is 5.60. The van der Waals surface area contributed by atoms with Crippen molar-refractivity contribution in [1.82, 2.24) is 10.2 Å². The van der Waals surface area contributed by atoms with Crippen molar-refractivity contribution in [3.8, 4) is 5.75 Å². The van der Waals surface area contributed by atoms with Crippen molar-refractivity contribution in [2.24, 2.45) is 0 Å². The molecule has 1 aromatic carbocycles. The predicted molar refractivity (Wildman–Crippen MR) is 78.0 cm³/mol. The zero-order valence-corrected chi connectivity index (χ0v) is 12.0. The number of aromatic nitrogens is 2. The van der Waals surface area contributed by atoms with E-state index in [0.29, 0.717) is 18.8 Å². The third-order valence-electron chi connectivity index (χ3n) is 2.89. The van der Waals surface area contributed by atoms with Crippen LogP contribution < -0.4 is 10.1 Å². The second-order valence-electron chi connectivity index (χ2n) is 4.90. The van der Waals surface area contributed by atoms with Crippen LogP contribution in [0.4, 0.5) is 5.82 Å². The lowest BCUT2D eigenvalue weighted by Gasteiger charge is -2.08. The van der Waals surface area contributed by atoms with Gasteiger partial charge in [-0.05, 0) is 44.0 Å². The van der Waals surface area contributed by atoms with Crippen molar-refractivity contribution >= 4 is 11.7 Å². The molecule has 0 unspecified atom stereocenters. The summed E-state index contributed by atoms with van der Waals surface area (Å²) in [5.74, 6) is 1.34. The lowest BCUT2D eigenvalue weighted by atomic mass is 10.1. The molecule has 0 spiro atoms. The maximum absolute atomic E-state index is 11.7. The van der Waals surface area contributed by atoms with Crippen LogP contribution in [-0.4, -0.2) is 22.7 Å². The van der Waals surface area contributed by atoms with Gasteiger partial charge in [0.25, 0.3) is 0 Å². The molecule has 20 heavy (non-hydrogen) atoms. The second kappa shape index (κ2) is 6.23. The number of H-pyrrole nitrogens is 1. The van der Waals surface area contributed by atoms with E-state index in [1.165, 1.54) is 0 Å². The van der Waals surface area contributed by atoms with Gasteiger partial charge in [-0.2, -0.15) is 5.10 Å². The number of rotatable bonds is 5. The Kier molecular flexibility index (Phi) is 4.40. The number of ether oxygens (including phenoxy) is 1. The van der Waals surface area contributed by atoms with Gasteiger partial charge in [-0.25, -0.2) is 0 Å². The fraction of sp³-hybridized carbons (Fsp3) is 0.333. The van der Waals surface area contributed by atoms with Crippen LogP contribution in [0.2, 0.25) is 0 Å². The predicted octanol–water partition coefficient (Wildman–Crippen LogP) is 2.74. The van der Waals surface area contributed by atoms with Crippen molar-refractivity contribution in [2.75, 3.05) is 11.9 Å². The number of benzene rings is 1. The lowest BCUT2D eigenvalue weighted by Crippen LogP contribution is -2.16.